The number of esters is 1. The van der Waals surface area contributed by atoms with Crippen molar-refractivity contribution in [2.45, 2.75) is 59.1 Å². The molecule has 2 heterocycles. The van der Waals surface area contributed by atoms with Crippen LogP contribution in [0.4, 0.5) is 0 Å². The van der Waals surface area contributed by atoms with Crippen molar-refractivity contribution in [1.82, 2.24) is 25.1 Å². The summed E-state index contributed by atoms with van der Waals surface area (Å²) in [5, 5.41) is 11.4. The molecular formula is C19H27N5O3. The number of aryl methyl sites for hydroxylation is 1. The second-order valence-corrected chi connectivity index (χ2v) is 7.04. The first-order chi connectivity index (χ1) is 13.0. The summed E-state index contributed by atoms with van der Waals surface area (Å²) < 4.78 is 12.8. The van der Waals surface area contributed by atoms with Gasteiger partial charge in [-0.2, -0.15) is 0 Å². The highest BCUT2D eigenvalue weighted by molar-refractivity contribution is 5.89. The zero-order valence-electron chi connectivity index (χ0n) is 16.2. The molecule has 27 heavy (non-hydrogen) atoms. The highest BCUT2D eigenvalue weighted by Gasteiger charge is 2.22. The van der Waals surface area contributed by atoms with Gasteiger partial charge in [-0.15, -0.1) is 5.10 Å². The monoisotopic (exact) mass is 373 g/mol. The molecule has 0 amide bonds. The molecular weight excluding hydrogens is 346 g/mol. The van der Waals surface area contributed by atoms with Gasteiger partial charge in [0.25, 0.3) is 0 Å². The van der Waals surface area contributed by atoms with Crippen molar-refractivity contribution in [2.24, 2.45) is 0 Å². The van der Waals surface area contributed by atoms with Gasteiger partial charge in [0.05, 0.1) is 17.8 Å². The SMILES string of the molecule is CCCn1nnnc1COC(=O)c1ccc(CN2CC(C)OC(C)C2)cc1. The van der Waals surface area contributed by atoms with E-state index in [1.807, 2.05) is 19.1 Å². The summed E-state index contributed by atoms with van der Waals surface area (Å²) in [4.78, 5) is 14.6. The van der Waals surface area contributed by atoms with Crippen molar-refractivity contribution in [1.29, 1.82) is 0 Å². The maximum absolute atomic E-state index is 12.3. The van der Waals surface area contributed by atoms with Crippen molar-refractivity contribution in [3.05, 3.63) is 41.2 Å². The number of carbonyl (C=O) groups is 1. The van der Waals surface area contributed by atoms with Crippen LogP contribution in [0, 0.1) is 0 Å². The number of tetrazole rings is 1. The van der Waals surface area contributed by atoms with Gasteiger partial charge in [0.2, 0.25) is 0 Å². The van der Waals surface area contributed by atoms with E-state index in [9.17, 15) is 4.79 Å². The van der Waals surface area contributed by atoms with E-state index >= 15 is 0 Å². The molecule has 3 rings (SSSR count). The molecule has 0 spiro atoms. The van der Waals surface area contributed by atoms with E-state index in [1.54, 1.807) is 16.8 Å². The average molecular weight is 373 g/mol. The molecule has 0 radical (unpaired) electrons. The number of aromatic nitrogens is 4. The van der Waals surface area contributed by atoms with Gasteiger partial charge in [-0.25, -0.2) is 9.48 Å². The molecule has 1 aromatic carbocycles. The average Bonchev–Trinajstić information content (AvgIpc) is 3.07. The minimum absolute atomic E-state index is 0.0666. The van der Waals surface area contributed by atoms with E-state index < -0.39 is 0 Å². The predicted octanol–water partition coefficient (Wildman–Crippen LogP) is 2.05. The fourth-order valence-electron chi connectivity index (χ4n) is 3.34. The molecule has 0 aliphatic carbocycles. The smallest absolute Gasteiger partial charge is 0.338 e. The molecule has 2 atom stereocenters. The van der Waals surface area contributed by atoms with Crippen molar-refractivity contribution >= 4 is 5.97 Å². The van der Waals surface area contributed by atoms with E-state index in [1.165, 1.54) is 5.56 Å². The van der Waals surface area contributed by atoms with E-state index in [0.29, 0.717) is 17.9 Å². The topological polar surface area (TPSA) is 82.4 Å². The molecule has 1 aliphatic rings. The van der Waals surface area contributed by atoms with Crippen molar-refractivity contribution < 1.29 is 14.3 Å². The van der Waals surface area contributed by atoms with Crippen LogP contribution in [-0.4, -0.2) is 56.4 Å². The zero-order chi connectivity index (χ0) is 19.2. The van der Waals surface area contributed by atoms with Gasteiger partial charge in [-0.3, -0.25) is 4.90 Å². The molecule has 1 aliphatic heterocycles. The van der Waals surface area contributed by atoms with Crippen LogP contribution in [0.1, 0.15) is 48.9 Å². The minimum Gasteiger partial charge on any atom is -0.454 e. The van der Waals surface area contributed by atoms with Crippen LogP contribution in [0.15, 0.2) is 24.3 Å². The molecule has 1 aromatic heterocycles. The lowest BCUT2D eigenvalue weighted by Gasteiger charge is -2.35. The van der Waals surface area contributed by atoms with Crippen molar-refractivity contribution in [2.75, 3.05) is 13.1 Å². The highest BCUT2D eigenvalue weighted by Crippen LogP contribution is 2.15. The van der Waals surface area contributed by atoms with E-state index in [0.717, 1.165) is 26.1 Å². The van der Waals surface area contributed by atoms with Gasteiger partial charge in [0.15, 0.2) is 12.4 Å². The molecule has 0 bridgehead atoms. The summed E-state index contributed by atoms with van der Waals surface area (Å²) in [5.74, 6) is 0.179. The maximum Gasteiger partial charge on any atom is 0.338 e. The van der Waals surface area contributed by atoms with E-state index in [-0.39, 0.29) is 24.8 Å². The van der Waals surface area contributed by atoms with Crippen LogP contribution in [0.3, 0.4) is 0 Å². The lowest BCUT2D eigenvalue weighted by molar-refractivity contribution is -0.0704. The van der Waals surface area contributed by atoms with Crippen molar-refractivity contribution in [3.63, 3.8) is 0 Å². The number of hydrogen-bond donors (Lipinski definition) is 0. The normalized spacial score (nSPS) is 20.6. The summed E-state index contributed by atoms with van der Waals surface area (Å²) in [5.41, 5.74) is 1.69. The fraction of sp³-hybridized carbons (Fsp3) is 0.579. The molecule has 0 N–H and O–H groups in total. The first kappa shape index (κ1) is 19.4. The number of hydrogen-bond acceptors (Lipinski definition) is 7. The molecule has 0 saturated carbocycles. The number of ether oxygens (including phenoxy) is 2. The Labute approximate surface area is 159 Å². The molecule has 2 unspecified atom stereocenters. The van der Waals surface area contributed by atoms with E-state index in [2.05, 4.69) is 34.3 Å². The number of carbonyl (C=O) groups excluding carboxylic acids is 1. The second-order valence-electron chi connectivity index (χ2n) is 7.04. The number of nitrogens with zero attached hydrogens (tertiary/aromatic N) is 5. The molecule has 2 aromatic rings. The highest BCUT2D eigenvalue weighted by atomic mass is 16.5. The summed E-state index contributed by atoms with van der Waals surface area (Å²) in [6, 6.07) is 7.56. The Hall–Kier alpha value is -2.32. The lowest BCUT2D eigenvalue weighted by atomic mass is 10.1. The summed E-state index contributed by atoms with van der Waals surface area (Å²) in [7, 11) is 0. The predicted molar refractivity (Wildman–Crippen MR) is 99.0 cm³/mol. The van der Waals surface area contributed by atoms with Crippen LogP contribution < -0.4 is 0 Å². The fourth-order valence-corrected chi connectivity index (χ4v) is 3.34. The Bertz CT molecular complexity index is 736. The first-order valence-corrected chi connectivity index (χ1v) is 9.44. The van der Waals surface area contributed by atoms with Crippen LogP contribution >= 0.6 is 0 Å². The molecule has 8 nitrogen and oxygen atoms in total. The Morgan fingerprint density at radius 2 is 1.93 bits per heavy atom. The Kier molecular flexibility index (Phi) is 6.52. The lowest BCUT2D eigenvalue weighted by Crippen LogP contribution is -2.44. The Morgan fingerprint density at radius 1 is 1.22 bits per heavy atom. The third-order valence-corrected chi connectivity index (χ3v) is 4.46. The van der Waals surface area contributed by atoms with Crippen LogP contribution in [0.2, 0.25) is 0 Å². The Balaban J connectivity index is 1.53. The van der Waals surface area contributed by atoms with Crippen LogP contribution in [0.5, 0.6) is 0 Å². The third-order valence-electron chi connectivity index (χ3n) is 4.46. The van der Waals surface area contributed by atoms with E-state index in [4.69, 9.17) is 9.47 Å². The van der Waals surface area contributed by atoms with Gasteiger partial charge < -0.3 is 9.47 Å². The molecule has 146 valence electrons. The van der Waals surface area contributed by atoms with Gasteiger partial charge >= 0.3 is 5.97 Å². The largest absolute Gasteiger partial charge is 0.454 e. The molecule has 8 heteroatoms. The summed E-state index contributed by atoms with van der Waals surface area (Å²) in [6.45, 7) is 9.68. The van der Waals surface area contributed by atoms with Crippen LogP contribution in [0.25, 0.3) is 0 Å². The maximum atomic E-state index is 12.3. The quantitative estimate of drug-likeness (QED) is 0.687. The van der Waals surface area contributed by atoms with Gasteiger partial charge in [-0.1, -0.05) is 19.1 Å². The molecule has 1 fully saturated rings. The zero-order valence-corrected chi connectivity index (χ0v) is 16.2. The van der Waals surface area contributed by atoms with Gasteiger partial charge in [-0.05, 0) is 48.4 Å². The number of morpholine rings is 1. The number of benzene rings is 1. The summed E-state index contributed by atoms with van der Waals surface area (Å²) in [6.07, 6.45) is 1.40. The standard InChI is InChI=1S/C19H27N5O3/c1-4-9-24-18(20-21-22-24)13-26-19(25)17-7-5-16(6-8-17)12-23-10-14(2)27-15(3)11-23/h5-8,14-15H,4,9-13H2,1-3H3. The summed E-state index contributed by atoms with van der Waals surface area (Å²) >= 11 is 0. The minimum atomic E-state index is -0.374. The number of rotatable bonds is 7. The van der Waals surface area contributed by atoms with Crippen molar-refractivity contribution in [3.8, 4) is 0 Å². The van der Waals surface area contributed by atoms with Gasteiger partial charge in [0, 0.05) is 26.2 Å². The molecule has 1 saturated heterocycles. The van der Waals surface area contributed by atoms with Crippen LogP contribution in [-0.2, 0) is 29.2 Å². The Morgan fingerprint density at radius 3 is 2.59 bits per heavy atom. The van der Waals surface area contributed by atoms with Gasteiger partial charge in [0.1, 0.15) is 0 Å². The second kappa shape index (κ2) is 9.05. The first-order valence-electron chi connectivity index (χ1n) is 9.44. The third kappa shape index (κ3) is 5.33.